The van der Waals surface area contributed by atoms with Crippen LogP contribution < -0.4 is 10.1 Å². The molecule has 0 aliphatic carbocycles. The van der Waals surface area contributed by atoms with E-state index in [0.717, 1.165) is 18.9 Å². The first-order valence-corrected chi connectivity index (χ1v) is 7.77. The summed E-state index contributed by atoms with van der Waals surface area (Å²) in [7, 11) is 0. The molecule has 0 aliphatic heterocycles. The van der Waals surface area contributed by atoms with Gasteiger partial charge in [-0.25, -0.2) is 0 Å². The molecule has 1 aromatic rings. The van der Waals surface area contributed by atoms with E-state index in [4.69, 9.17) is 4.74 Å². The predicted molar refractivity (Wildman–Crippen MR) is 82.8 cm³/mol. The van der Waals surface area contributed by atoms with Gasteiger partial charge >= 0.3 is 0 Å². The highest BCUT2D eigenvalue weighted by Crippen LogP contribution is 2.22. The molecule has 0 amide bonds. The average Bonchev–Trinajstić information content (AvgIpc) is 2.44. The number of hydrogen-bond donors (Lipinski definition) is 1. The van der Waals surface area contributed by atoms with Gasteiger partial charge in [0.25, 0.3) is 0 Å². The van der Waals surface area contributed by atoms with Crippen molar-refractivity contribution in [3.63, 3.8) is 0 Å². The van der Waals surface area contributed by atoms with Crippen LogP contribution in [0.15, 0.2) is 24.3 Å². The quantitative estimate of drug-likeness (QED) is 0.617. The number of benzene rings is 1. The average molecular weight is 263 g/mol. The zero-order valence-corrected chi connectivity index (χ0v) is 12.7. The molecule has 2 heteroatoms. The van der Waals surface area contributed by atoms with Crippen molar-refractivity contribution in [1.82, 2.24) is 5.32 Å². The van der Waals surface area contributed by atoms with E-state index in [1.807, 2.05) is 6.92 Å². The molecule has 1 unspecified atom stereocenters. The Morgan fingerprint density at radius 3 is 2.32 bits per heavy atom. The number of ether oxygens (including phenoxy) is 1. The molecule has 0 fully saturated rings. The van der Waals surface area contributed by atoms with Gasteiger partial charge in [-0.3, -0.25) is 0 Å². The van der Waals surface area contributed by atoms with Gasteiger partial charge in [0, 0.05) is 6.04 Å². The molecular weight excluding hydrogens is 234 g/mol. The van der Waals surface area contributed by atoms with Gasteiger partial charge in [-0.05, 0) is 37.6 Å². The fraction of sp³-hybridized carbons (Fsp3) is 0.647. The minimum Gasteiger partial charge on any atom is -0.494 e. The summed E-state index contributed by atoms with van der Waals surface area (Å²) in [6, 6.07) is 9.03. The van der Waals surface area contributed by atoms with Crippen molar-refractivity contribution >= 4 is 0 Å². The van der Waals surface area contributed by atoms with Crippen LogP contribution in [0.1, 0.15) is 64.5 Å². The summed E-state index contributed by atoms with van der Waals surface area (Å²) in [6.45, 7) is 8.20. The summed E-state index contributed by atoms with van der Waals surface area (Å²) in [5.41, 5.74) is 1.38. The van der Waals surface area contributed by atoms with Crippen molar-refractivity contribution < 1.29 is 4.74 Å². The van der Waals surface area contributed by atoms with Crippen LogP contribution in [0, 0.1) is 0 Å². The molecule has 0 spiro atoms. The van der Waals surface area contributed by atoms with E-state index in [0.29, 0.717) is 6.04 Å². The van der Waals surface area contributed by atoms with Gasteiger partial charge in [-0.2, -0.15) is 0 Å². The van der Waals surface area contributed by atoms with E-state index >= 15 is 0 Å². The Balaban J connectivity index is 2.53. The van der Waals surface area contributed by atoms with Crippen LogP contribution in [0.3, 0.4) is 0 Å². The standard InChI is InChI=1S/C17H29NO/c1-4-7-8-9-10-17(18-5-2)15-11-13-16(14-12-15)19-6-3/h11-14,17-18H,4-10H2,1-3H3. The first-order valence-electron chi connectivity index (χ1n) is 7.77. The topological polar surface area (TPSA) is 21.3 Å². The number of hydrogen-bond acceptors (Lipinski definition) is 2. The normalized spacial score (nSPS) is 12.4. The van der Waals surface area contributed by atoms with Crippen LogP contribution in [-0.4, -0.2) is 13.2 Å². The number of nitrogens with one attached hydrogen (secondary N) is 1. The molecule has 1 N–H and O–H groups in total. The Hall–Kier alpha value is -1.02. The Morgan fingerprint density at radius 2 is 1.74 bits per heavy atom. The minimum absolute atomic E-state index is 0.484. The maximum absolute atomic E-state index is 5.49. The summed E-state index contributed by atoms with van der Waals surface area (Å²) in [6.07, 6.45) is 6.52. The smallest absolute Gasteiger partial charge is 0.119 e. The molecule has 108 valence electrons. The predicted octanol–water partition coefficient (Wildman–Crippen LogP) is 4.71. The summed E-state index contributed by atoms with van der Waals surface area (Å²) < 4.78 is 5.49. The van der Waals surface area contributed by atoms with Crippen molar-refractivity contribution in [1.29, 1.82) is 0 Å². The van der Waals surface area contributed by atoms with Gasteiger partial charge in [0.15, 0.2) is 0 Å². The lowest BCUT2D eigenvalue weighted by atomic mass is 10.00. The Bertz CT molecular complexity index is 321. The lowest BCUT2D eigenvalue weighted by Crippen LogP contribution is -2.20. The molecule has 19 heavy (non-hydrogen) atoms. The van der Waals surface area contributed by atoms with Crippen LogP contribution in [0.2, 0.25) is 0 Å². The summed E-state index contributed by atoms with van der Waals surface area (Å²) in [5, 5.41) is 3.59. The molecule has 0 aromatic heterocycles. The highest BCUT2D eigenvalue weighted by Gasteiger charge is 2.09. The van der Waals surface area contributed by atoms with Crippen LogP contribution in [0.5, 0.6) is 5.75 Å². The molecule has 0 bridgehead atoms. The van der Waals surface area contributed by atoms with Crippen LogP contribution in [-0.2, 0) is 0 Å². The zero-order chi connectivity index (χ0) is 13.9. The van der Waals surface area contributed by atoms with Gasteiger partial charge < -0.3 is 10.1 Å². The number of unbranched alkanes of at least 4 members (excludes halogenated alkanes) is 3. The maximum atomic E-state index is 5.49. The SMILES string of the molecule is CCCCCCC(NCC)c1ccc(OCC)cc1. The monoisotopic (exact) mass is 263 g/mol. The summed E-state index contributed by atoms with van der Waals surface area (Å²) in [4.78, 5) is 0. The third-order valence-corrected chi connectivity index (χ3v) is 3.39. The molecule has 2 nitrogen and oxygen atoms in total. The van der Waals surface area contributed by atoms with E-state index in [2.05, 4.69) is 43.4 Å². The fourth-order valence-electron chi connectivity index (χ4n) is 2.37. The molecule has 0 radical (unpaired) electrons. The van der Waals surface area contributed by atoms with Gasteiger partial charge in [0.1, 0.15) is 5.75 Å². The maximum Gasteiger partial charge on any atom is 0.119 e. The van der Waals surface area contributed by atoms with Gasteiger partial charge in [-0.15, -0.1) is 0 Å². The lowest BCUT2D eigenvalue weighted by Gasteiger charge is -2.18. The second-order valence-corrected chi connectivity index (χ2v) is 4.96. The van der Waals surface area contributed by atoms with E-state index < -0.39 is 0 Å². The molecular formula is C17H29NO. The molecule has 1 atom stereocenters. The van der Waals surface area contributed by atoms with Gasteiger partial charge in [0.2, 0.25) is 0 Å². The van der Waals surface area contributed by atoms with Crippen molar-refractivity contribution in [2.45, 2.75) is 58.9 Å². The van der Waals surface area contributed by atoms with Crippen molar-refractivity contribution in [2.75, 3.05) is 13.2 Å². The second-order valence-electron chi connectivity index (χ2n) is 4.96. The Kier molecular flexibility index (Phi) is 8.31. The van der Waals surface area contributed by atoms with E-state index in [1.165, 1.54) is 37.7 Å². The largest absolute Gasteiger partial charge is 0.494 e. The highest BCUT2D eigenvalue weighted by atomic mass is 16.5. The van der Waals surface area contributed by atoms with E-state index in [9.17, 15) is 0 Å². The summed E-state index contributed by atoms with van der Waals surface area (Å²) >= 11 is 0. The van der Waals surface area contributed by atoms with Crippen LogP contribution in [0.25, 0.3) is 0 Å². The van der Waals surface area contributed by atoms with Crippen molar-refractivity contribution in [2.24, 2.45) is 0 Å². The Morgan fingerprint density at radius 1 is 1.00 bits per heavy atom. The molecule has 0 saturated carbocycles. The van der Waals surface area contributed by atoms with Gasteiger partial charge in [-0.1, -0.05) is 51.7 Å². The molecule has 0 aliphatic rings. The second kappa shape index (κ2) is 9.85. The highest BCUT2D eigenvalue weighted by molar-refractivity contribution is 5.29. The van der Waals surface area contributed by atoms with Crippen molar-refractivity contribution in [3.05, 3.63) is 29.8 Å². The van der Waals surface area contributed by atoms with Crippen LogP contribution in [0.4, 0.5) is 0 Å². The van der Waals surface area contributed by atoms with Crippen LogP contribution >= 0.6 is 0 Å². The first-order chi connectivity index (χ1) is 9.31. The van der Waals surface area contributed by atoms with Gasteiger partial charge in [0.05, 0.1) is 6.61 Å². The molecule has 1 aromatic carbocycles. The van der Waals surface area contributed by atoms with Crippen molar-refractivity contribution in [3.8, 4) is 5.75 Å². The molecule has 0 heterocycles. The Labute approximate surface area is 118 Å². The third-order valence-electron chi connectivity index (χ3n) is 3.39. The molecule has 1 rings (SSSR count). The zero-order valence-electron chi connectivity index (χ0n) is 12.7. The lowest BCUT2D eigenvalue weighted by molar-refractivity contribution is 0.340. The molecule has 0 saturated heterocycles. The first kappa shape index (κ1) is 16.0. The summed E-state index contributed by atoms with van der Waals surface area (Å²) in [5.74, 6) is 0.965. The minimum atomic E-state index is 0.484. The van der Waals surface area contributed by atoms with E-state index in [1.54, 1.807) is 0 Å². The number of rotatable bonds is 10. The third kappa shape index (κ3) is 6.11. The van der Waals surface area contributed by atoms with E-state index in [-0.39, 0.29) is 0 Å². The fourth-order valence-corrected chi connectivity index (χ4v) is 2.37.